The lowest BCUT2D eigenvalue weighted by atomic mass is 10.1. The maximum absolute atomic E-state index is 13.1. The van der Waals surface area contributed by atoms with Gasteiger partial charge in [0.2, 0.25) is 5.95 Å². The number of pyridine rings is 1. The van der Waals surface area contributed by atoms with Crippen LogP contribution in [0, 0.1) is 18.6 Å². The van der Waals surface area contributed by atoms with Crippen LogP contribution in [0.4, 0.5) is 14.7 Å². The lowest BCUT2D eigenvalue weighted by Gasteiger charge is -2.03. The van der Waals surface area contributed by atoms with E-state index in [4.69, 9.17) is 0 Å². The zero-order valence-corrected chi connectivity index (χ0v) is 11.5. The van der Waals surface area contributed by atoms with Gasteiger partial charge in [0, 0.05) is 18.3 Å². The molecule has 0 saturated heterocycles. The average molecular weight is 288 g/mol. The van der Waals surface area contributed by atoms with Crippen molar-refractivity contribution in [2.75, 3.05) is 11.9 Å². The third kappa shape index (κ3) is 2.99. The van der Waals surface area contributed by atoms with Gasteiger partial charge in [-0.3, -0.25) is 0 Å². The van der Waals surface area contributed by atoms with Crippen LogP contribution in [0.5, 0.6) is 0 Å². The number of aryl methyl sites for hydroxylation is 1. The monoisotopic (exact) mass is 288 g/mol. The van der Waals surface area contributed by atoms with E-state index in [0.29, 0.717) is 24.5 Å². The van der Waals surface area contributed by atoms with E-state index < -0.39 is 11.6 Å². The molecule has 6 heteroatoms. The van der Waals surface area contributed by atoms with Crippen LogP contribution in [0.3, 0.4) is 0 Å². The van der Waals surface area contributed by atoms with Crippen LogP contribution in [0.25, 0.3) is 5.65 Å². The van der Waals surface area contributed by atoms with Crippen LogP contribution in [0.2, 0.25) is 0 Å². The van der Waals surface area contributed by atoms with Crippen molar-refractivity contribution < 1.29 is 8.78 Å². The van der Waals surface area contributed by atoms with E-state index in [0.717, 1.165) is 17.4 Å². The number of aromatic nitrogens is 3. The highest BCUT2D eigenvalue weighted by molar-refractivity contribution is 5.44. The molecule has 1 N–H and O–H groups in total. The van der Waals surface area contributed by atoms with E-state index >= 15 is 0 Å². The molecule has 3 aromatic rings. The number of rotatable bonds is 4. The van der Waals surface area contributed by atoms with Crippen LogP contribution in [0.1, 0.15) is 11.3 Å². The summed E-state index contributed by atoms with van der Waals surface area (Å²) in [5.41, 5.74) is 2.34. The number of benzene rings is 1. The SMILES string of the molecule is Cc1cccc2nc(NCCc3cc(F)cc(F)c3)nn12. The molecule has 0 fully saturated rings. The molecule has 0 spiro atoms. The average Bonchev–Trinajstić information content (AvgIpc) is 2.82. The molecule has 0 aliphatic heterocycles. The smallest absolute Gasteiger partial charge is 0.243 e. The van der Waals surface area contributed by atoms with E-state index in [1.165, 1.54) is 12.1 Å². The number of halogens is 2. The molecule has 0 aliphatic carbocycles. The second kappa shape index (κ2) is 5.47. The fraction of sp³-hybridized carbons (Fsp3) is 0.200. The molecule has 0 radical (unpaired) electrons. The first kappa shape index (κ1) is 13.5. The predicted octanol–water partition coefficient (Wildman–Crippen LogP) is 2.97. The molecular formula is C15H14F2N4. The fourth-order valence-corrected chi connectivity index (χ4v) is 2.18. The van der Waals surface area contributed by atoms with E-state index in [2.05, 4.69) is 15.4 Å². The van der Waals surface area contributed by atoms with E-state index in [1.54, 1.807) is 4.52 Å². The van der Waals surface area contributed by atoms with Gasteiger partial charge in [0.1, 0.15) is 11.6 Å². The molecule has 3 rings (SSSR count). The third-order valence-corrected chi connectivity index (χ3v) is 3.17. The second-order valence-electron chi connectivity index (χ2n) is 4.83. The van der Waals surface area contributed by atoms with Gasteiger partial charge >= 0.3 is 0 Å². The van der Waals surface area contributed by atoms with Crippen molar-refractivity contribution in [3.05, 3.63) is 59.3 Å². The molecule has 0 unspecified atom stereocenters. The van der Waals surface area contributed by atoms with Crippen molar-refractivity contribution in [3.63, 3.8) is 0 Å². The van der Waals surface area contributed by atoms with Gasteiger partial charge < -0.3 is 5.32 Å². The Kier molecular flexibility index (Phi) is 3.51. The minimum atomic E-state index is -0.563. The van der Waals surface area contributed by atoms with Crippen molar-refractivity contribution in [1.82, 2.24) is 14.6 Å². The Morgan fingerprint density at radius 3 is 2.62 bits per heavy atom. The summed E-state index contributed by atoms with van der Waals surface area (Å²) >= 11 is 0. The third-order valence-electron chi connectivity index (χ3n) is 3.17. The highest BCUT2D eigenvalue weighted by Gasteiger charge is 2.05. The molecule has 0 bridgehead atoms. The van der Waals surface area contributed by atoms with Crippen molar-refractivity contribution in [1.29, 1.82) is 0 Å². The Labute approximate surface area is 120 Å². The molecule has 21 heavy (non-hydrogen) atoms. The summed E-state index contributed by atoms with van der Waals surface area (Å²) in [6.07, 6.45) is 0.489. The van der Waals surface area contributed by atoms with Crippen molar-refractivity contribution in [2.45, 2.75) is 13.3 Å². The quantitative estimate of drug-likeness (QED) is 0.802. The zero-order valence-electron chi connectivity index (χ0n) is 11.5. The van der Waals surface area contributed by atoms with Gasteiger partial charge in [-0.1, -0.05) is 6.07 Å². The van der Waals surface area contributed by atoms with Gasteiger partial charge in [0.15, 0.2) is 5.65 Å². The fourth-order valence-electron chi connectivity index (χ4n) is 2.18. The molecule has 2 heterocycles. The first-order valence-electron chi connectivity index (χ1n) is 6.63. The summed E-state index contributed by atoms with van der Waals surface area (Å²) in [5, 5.41) is 7.39. The van der Waals surface area contributed by atoms with Crippen molar-refractivity contribution >= 4 is 11.6 Å². The molecular weight excluding hydrogens is 274 g/mol. The van der Waals surface area contributed by atoms with E-state index in [9.17, 15) is 8.78 Å². The first-order chi connectivity index (χ1) is 10.1. The lowest BCUT2D eigenvalue weighted by molar-refractivity contribution is 0.580. The largest absolute Gasteiger partial charge is 0.353 e. The van der Waals surface area contributed by atoms with Crippen LogP contribution in [-0.4, -0.2) is 21.1 Å². The number of nitrogens with zero attached hydrogens (tertiary/aromatic N) is 3. The summed E-state index contributed by atoms with van der Waals surface area (Å²) in [6, 6.07) is 9.24. The summed E-state index contributed by atoms with van der Waals surface area (Å²) in [6.45, 7) is 2.44. The second-order valence-corrected chi connectivity index (χ2v) is 4.83. The standard InChI is InChI=1S/C15H14F2N4/c1-10-3-2-4-14-19-15(20-21(10)14)18-6-5-11-7-12(16)9-13(17)8-11/h2-4,7-9H,5-6H2,1H3,(H,18,20). The Morgan fingerprint density at radius 2 is 1.90 bits per heavy atom. The van der Waals surface area contributed by atoms with Crippen molar-refractivity contribution in [2.24, 2.45) is 0 Å². The summed E-state index contributed by atoms with van der Waals surface area (Å²) in [7, 11) is 0. The van der Waals surface area contributed by atoms with Crippen LogP contribution < -0.4 is 5.32 Å². The topological polar surface area (TPSA) is 42.2 Å². The van der Waals surface area contributed by atoms with Crippen LogP contribution >= 0.6 is 0 Å². The number of fused-ring (bicyclic) bond motifs is 1. The zero-order chi connectivity index (χ0) is 14.8. The molecule has 0 atom stereocenters. The Morgan fingerprint density at radius 1 is 1.14 bits per heavy atom. The van der Waals surface area contributed by atoms with Gasteiger partial charge in [-0.15, -0.1) is 5.10 Å². The Balaban J connectivity index is 1.68. The van der Waals surface area contributed by atoms with Crippen molar-refractivity contribution in [3.8, 4) is 0 Å². The maximum atomic E-state index is 13.1. The van der Waals surface area contributed by atoms with Gasteiger partial charge in [-0.25, -0.2) is 13.3 Å². The minimum Gasteiger partial charge on any atom is -0.353 e. The molecule has 1 aromatic carbocycles. The van der Waals surface area contributed by atoms with Gasteiger partial charge in [-0.2, -0.15) is 4.98 Å². The van der Waals surface area contributed by atoms with E-state index in [1.807, 2.05) is 25.1 Å². The summed E-state index contributed by atoms with van der Waals surface area (Å²) in [4.78, 5) is 4.33. The van der Waals surface area contributed by atoms with Gasteiger partial charge in [-0.05, 0) is 43.2 Å². The predicted molar refractivity (Wildman–Crippen MR) is 76.3 cm³/mol. The van der Waals surface area contributed by atoms with E-state index in [-0.39, 0.29) is 0 Å². The number of hydrogen-bond acceptors (Lipinski definition) is 3. The number of anilines is 1. The highest BCUT2D eigenvalue weighted by atomic mass is 19.1. The van der Waals surface area contributed by atoms with Gasteiger partial charge in [0.05, 0.1) is 0 Å². The normalized spacial score (nSPS) is 11.0. The Hall–Kier alpha value is -2.50. The maximum Gasteiger partial charge on any atom is 0.243 e. The number of hydrogen-bond donors (Lipinski definition) is 1. The molecule has 4 nitrogen and oxygen atoms in total. The molecule has 2 aromatic heterocycles. The minimum absolute atomic E-state index is 0.489. The molecule has 108 valence electrons. The molecule has 0 aliphatic rings. The summed E-state index contributed by atoms with van der Waals surface area (Å²) < 4.78 is 27.9. The van der Waals surface area contributed by atoms with Gasteiger partial charge in [0.25, 0.3) is 0 Å². The van der Waals surface area contributed by atoms with Crippen LogP contribution in [-0.2, 0) is 6.42 Å². The number of nitrogens with one attached hydrogen (secondary N) is 1. The molecule has 0 saturated carbocycles. The Bertz CT molecular complexity index is 762. The van der Waals surface area contributed by atoms with Crippen LogP contribution in [0.15, 0.2) is 36.4 Å². The summed E-state index contributed by atoms with van der Waals surface area (Å²) in [5.74, 6) is -0.626. The molecule has 0 amide bonds. The highest BCUT2D eigenvalue weighted by Crippen LogP contribution is 2.10. The first-order valence-corrected chi connectivity index (χ1v) is 6.63. The lowest BCUT2D eigenvalue weighted by Crippen LogP contribution is -2.07.